The molecule has 0 spiro atoms. The van der Waals surface area contributed by atoms with E-state index in [1.54, 1.807) is 0 Å². The topological polar surface area (TPSA) is 12.0 Å². The van der Waals surface area contributed by atoms with E-state index < -0.39 is 23.4 Å². The van der Waals surface area contributed by atoms with Crippen molar-refractivity contribution in [3.63, 3.8) is 0 Å². The molecule has 0 atom stereocenters. The van der Waals surface area contributed by atoms with Gasteiger partial charge in [0, 0.05) is 23.9 Å². The standard InChI is InChI=1S/C15H12F5N/c1-9-2-5-12(7-13(9)15(18,19)20)21-8-10-3-4-11(16)6-14(10)17/h2-7,21H,8H2,1H3. The lowest BCUT2D eigenvalue weighted by Gasteiger charge is -2.13. The van der Waals surface area contributed by atoms with E-state index in [0.717, 1.165) is 18.2 Å². The van der Waals surface area contributed by atoms with Crippen LogP contribution in [0.3, 0.4) is 0 Å². The van der Waals surface area contributed by atoms with Gasteiger partial charge in [-0.1, -0.05) is 12.1 Å². The highest BCUT2D eigenvalue weighted by molar-refractivity contribution is 5.49. The van der Waals surface area contributed by atoms with Gasteiger partial charge in [0.25, 0.3) is 0 Å². The summed E-state index contributed by atoms with van der Waals surface area (Å²) in [4.78, 5) is 0. The summed E-state index contributed by atoms with van der Waals surface area (Å²) in [6.07, 6.45) is -4.44. The van der Waals surface area contributed by atoms with Crippen molar-refractivity contribution in [3.8, 4) is 0 Å². The first-order chi connectivity index (χ1) is 9.77. The van der Waals surface area contributed by atoms with Gasteiger partial charge in [-0.3, -0.25) is 0 Å². The quantitative estimate of drug-likeness (QED) is 0.795. The number of anilines is 1. The second kappa shape index (κ2) is 5.71. The third-order valence-corrected chi connectivity index (χ3v) is 3.04. The Morgan fingerprint density at radius 2 is 1.71 bits per heavy atom. The molecule has 0 saturated carbocycles. The van der Waals surface area contributed by atoms with Crippen LogP contribution >= 0.6 is 0 Å². The molecule has 0 fully saturated rings. The zero-order valence-corrected chi connectivity index (χ0v) is 11.1. The van der Waals surface area contributed by atoms with Crippen molar-refractivity contribution in [3.05, 3.63) is 64.7 Å². The summed E-state index contributed by atoms with van der Waals surface area (Å²) < 4.78 is 64.5. The van der Waals surface area contributed by atoms with E-state index in [1.165, 1.54) is 25.1 Å². The highest BCUT2D eigenvalue weighted by Crippen LogP contribution is 2.33. The molecular formula is C15H12F5N. The molecule has 0 aliphatic rings. The molecule has 0 aliphatic heterocycles. The van der Waals surface area contributed by atoms with Gasteiger partial charge < -0.3 is 5.32 Å². The Hall–Kier alpha value is -2.11. The molecule has 112 valence electrons. The fourth-order valence-corrected chi connectivity index (χ4v) is 1.90. The van der Waals surface area contributed by atoms with Crippen LogP contribution in [0.1, 0.15) is 16.7 Å². The SMILES string of the molecule is Cc1ccc(NCc2ccc(F)cc2F)cc1C(F)(F)F. The molecule has 6 heteroatoms. The Balaban J connectivity index is 2.17. The number of benzene rings is 2. The van der Waals surface area contributed by atoms with Gasteiger partial charge in [0.1, 0.15) is 11.6 Å². The summed E-state index contributed by atoms with van der Waals surface area (Å²) in [6, 6.07) is 6.86. The molecule has 1 N–H and O–H groups in total. The van der Waals surface area contributed by atoms with E-state index in [2.05, 4.69) is 5.32 Å². The van der Waals surface area contributed by atoms with Crippen LogP contribution in [0, 0.1) is 18.6 Å². The first kappa shape index (κ1) is 15.3. The number of halogens is 5. The van der Waals surface area contributed by atoms with Crippen molar-refractivity contribution < 1.29 is 22.0 Å². The molecule has 0 aromatic heterocycles. The maximum absolute atomic E-state index is 13.4. The molecule has 1 nitrogen and oxygen atoms in total. The first-order valence-electron chi connectivity index (χ1n) is 6.13. The fraction of sp³-hybridized carbons (Fsp3) is 0.200. The van der Waals surface area contributed by atoms with E-state index in [-0.39, 0.29) is 23.4 Å². The normalized spacial score (nSPS) is 11.5. The number of hydrogen-bond donors (Lipinski definition) is 1. The van der Waals surface area contributed by atoms with Crippen LogP contribution < -0.4 is 5.32 Å². The Kier molecular flexibility index (Phi) is 4.16. The number of rotatable bonds is 3. The lowest BCUT2D eigenvalue weighted by Crippen LogP contribution is -2.09. The van der Waals surface area contributed by atoms with Crippen molar-refractivity contribution in [1.82, 2.24) is 0 Å². The van der Waals surface area contributed by atoms with E-state index in [1.807, 2.05) is 0 Å². The van der Waals surface area contributed by atoms with Crippen molar-refractivity contribution >= 4 is 5.69 Å². The maximum Gasteiger partial charge on any atom is 0.416 e. The van der Waals surface area contributed by atoms with Gasteiger partial charge in [-0.15, -0.1) is 0 Å². The average molecular weight is 301 g/mol. The zero-order chi connectivity index (χ0) is 15.6. The van der Waals surface area contributed by atoms with Gasteiger partial charge in [0.2, 0.25) is 0 Å². The van der Waals surface area contributed by atoms with Gasteiger partial charge in [0.15, 0.2) is 0 Å². The maximum atomic E-state index is 13.4. The molecule has 2 aromatic carbocycles. The van der Waals surface area contributed by atoms with Gasteiger partial charge in [-0.05, 0) is 30.7 Å². The molecule has 0 amide bonds. The van der Waals surface area contributed by atoms with Crippen LogP contribution in [0.25, 0.3) is 0 Å². The van der Waals surface area contributed by atoms with Crippen LogP contribution in [0.5, 0.6) is 0 Å². The second-order valence-electron chi connectivity index (χ2n) is 4.62. The lowest BCUT2D eigenvalue weighted by molar-refractivity contribution is -0.138. The fourth-order valence-electron chi connectivity index (χ4n) is 1.90. The highest BCUT2D eigenvalue weighted by atomic mass is 19.4. The first-order valence-corrected chi connectivity index (χ1v) is 6.13. The minimum atomic E-state index is -4.44. The van der Waals surface area contributed by atoms with Crippen LogP contribution in [-0.4, -0.2) is 0 Å². The van der Waals surface area contributed by atoms with Crippen molar-refractivity contribution in [1.29, 1.82) is 0 Å². The van der Waals surface area contributed by atoms with E-state index in [0.29, 0.717) is 0 Å². The summed E-state index contributed by atoms with van der Waals surface area (Å²) in [5.41, 5.74) is -0.240. The Morgan fingerprint density at radius 1 is 1.00 bits per heavy atom. The van der Waals surface area contributed by atoms with Crippen LogP contribution in [0.2, 0.25) is 0 Å². The van der Waals surface area contributed by atoms with Crippen molar-refractivity contribution in [2.75, 3.05) is 5.32 Å². The molecule has 0 unspecified atom stereocenters. The largest absolute Gasteiger partial charge is 0.416 e. The Bertz CT molecular complexity index is 649. The minimum Gasteiger partial charge on any atom is -0.381 e. The summed E-state index contributed by atoms with van der Waals surface area (Å²) in [6.45, 7) is 1.33. The third-order valence-electron chi connectivity index (χ3n) is 3.04. The molecule has 0 radical (unpaired) electrons. The van der Waals surface area contributed by atoms with Crippen molar-refractivity contribution in [2.24, 2.45) is 0 Å². The molecule has 0 aliphatic carbocycles. The van der Waals surface area contributed by atoms with Crippen LogP contribution in [0.15, 0.2) is 36.4 Å². The molecule has 0 heterocycles. The van der Waals surface area contributed by atoms with E-state index in [4.69, 9.17) is 0 Å². The minimum absolute atomic E-state index is 0.0352. The van der Waals surface area contributed by atoms with E-state index >= 15 is 0 Å². The van der Waals surface area contributed by atoms with Crippen LogP contribution in [-0.2, 0) is 12.7 Å². The second-order valence-corrected chi connectivity index (χ2v) is 4.62. The van der Waals surface area contributed by atoms with Gasteiger partial charge in [0.05, 0.1) is 5.56 Å². The summed E-state index contributed by atoms with van der Waals surface area (Å²) >= 11 is 0. The number of nitrogens with one attached hydrogen (secondary N) is 1. The lowest BCUT2D eigenvalue weighted by atomic mass is 10.1. The van der Waals surface area contributed by atoms with Crippen LogP contribution in [0.4, 0.5) is 27.6 Å². The van der Waals surface area contributed by atoms with Gasteiger partial charge in [-0.2, -0.15) is 13.2 Å². The number of hydrogen-bond acceptors (Lipinski definition) is 1. The predicted octanol–water partition coefficient (Wildman–Crippen LogP) is 4.90. The molecule has 0 bridgehead atoms. The smallest absolute Gasteiger partial charge is 0.381 e. The molecule has 2 rings (SSSR count). The Labute approximate surface area is 118 Å². The van der Waals surface area contributed by atoms with Gasteiger partial charge in [-0.25, -0.2) is 8.78 Å². The monoisotopic (exact) mass is 301 g/mol. The Morgan fingerprint density at radius 3 is 2.33 bits per heavy atom. The van der Waals surface area contributed by atoms with Gasteiger partial charge >= 0.3 is 6.18 Å². The zero-order valence-electron chi connectivity index (χ0n) is 11.1. The summed E-state index contributed by atoms with van der Waals surface area (Å²) in [5.74, 6) is -1.45. The molecule has 0 saturated heterocycles. The highest BCUT2D eigenvalue weighted by Gasteiger charge is 2.32. The average Bonchev–Trinajstić information content (AvgIpc) is 2.38. The molecule has 2 aromatic rings. The number of alkyl halides is 3. The third kappa shape index (κ3) is 3.71. The molecule has 21 heavy (non-hydrogen) atoms. The van der Waals surface area contributed by atoms with Crippen molar-refractivity contribution in [2.45, 2.75) is 19.6 Å². The summed E-state index contributed by atoms with van der Waals surface area (Å²) in [7, 11) is 0. The number of aryl methyl sites for hydroxylation is 1. The van der Waals surface area contributed by atoms with E-state index in [9.17, 15) is 22.0 Å². The molecular weight excluding hydrogens is 289 g/mol. The summed E-state index contributed by atoms with van der Waals surface area (Å²) in [5, 5.41) is 2.70. The predicted molar refractivity (Wildman–Crippen MR) is 69.9 cm³/mol.